The van der Waals surface area contributed by atoms with Crippen molar-refractivity contribution in [2.45, 2.75) is 113 Å². The Morgan fingerprint density at radius 2 is 1.13 bits per heavy atom. The Balaban J connectivity index is 0.00000595. The van der Waals surface area contributed by atoms with Gasteiger partial charge in [-0.2, -0.15) is 12.1 Å². The molecule has 0 unspecified atom stereocenters. The van der Waals surface area contributed by atoms with Crippen LogP contribution < -0.4 is 14.5 Å². The molecule has 0 fully saturated rings. The Morgan fingerprint density at radius 1 is 0.508 bits per heavy atom. The second-order valence-corrected chi connectivity index (χ2v) is 21.7. The van der Waals surface area contributed by atoms with E-state index in [1.165, 1.54) is 39.0 Å². The normalized spacial score (nSPS) is 14.2. The maximum absolute atomic E-state index is 6.74. The number of allylic oxidation sites excluding steroid dienone is 2. The number of aromatic nitrogens is 2. The third kappa shape index (κ3) is 8.88. The fraction of sp³-hybridized carbons (Fsp3) is 0.333. The van der Waals surface area contributed by atoms with E-state index in [0.29, 0.717) is 11.5 Å². The first kappa shape index (κ1) is 45.9. The molecule has 2 aromatic heterocycles. The van der Waals surface area contributed by atoms with Gasteiger partial charge in [-0.25, -0.2) is 4.98 Å². The topological polar surface area (TPSA) is 33.5 Å². The molecule has 0 aliphatic carbocycles. The van der Waals surface area contributed by atoms with Crippen LogP contribution in [0.2, 0.25) is 0 Å². The molecule has 0 atom stereocenters. The average molecular weight is 1020 g/mol. The SMILES string of the molecule is CC(C)(C)C1=C(C(C)(C)C)N(c2cccc(C(C)(C)c3ccccc3)c2)[CH-]N1c1[c-]c(Oc2[c-]c3c(cc2)c2cc(C(C)(C)C)ccc2n3-c2cc(C(C)(C)C)ccn2)ccc1.[Pt]. The summed E-state index contributed by atoms with van der Waals surface area (Å²) in [6.07, 6.45) is 1.92. The molecule has 0 saturated carbocycles. The van der Waals surface area contributed by atoms with Gasteiger partial charge in [0.2, 0.25) is 0 Å². The summed E-state index contributed by atoms with van der Waals surface area (Å²) in [5, 5.41) is 2.28. The minimum Gasteiger partial charge on any atom is -0.509 e. The summed E-state index contributed by atoms with van der Waals surface area (Å²) in [5.41, 5.74) is 11.0. The fourth-order valence-electron chi connectivity index (χ4n) is 8.79. The van der Waals surface area contributed by atoms with Gasteiger partial charge in [0.15, 0.2) is 0 Å². The number of benzene rings is 5. The van der Waals surface area contributed by atoms with Gasteiger partial charge in [-0.1, -0.05) is 157 Å². The van der Waals surface area contributed by atoms with Crippen molar-refractivity contribution < 1.29 is 25.8 Å². The molecule has 7 aromatic rings. The van der Waals surface area contributed by atoms with Crippen LogP contribution in [0.1, 0.15) is 119 Å². The van der Waals surface area contributed by atoms with Crippen LogP contribution in [0.15, 0.2) is 133 Å². The Bertz CT molecular complexity index is 2820. The third-order valence-electron chi connectivity index (χ3n) is 12.3. The third-order valence-corrected chi connectivity index (χ3v) is 12.3. The molecule has 0 N–H and O–H groups in total. The van der Waals surface area contributed by atoms with Crippen molar-refractivity contribution in [3.05, 3.63) is 174 Å². The van der Waals surface area contributed by atoms with Crippen molar-refractivity contribution in [3.8, 4) is 17.3 Å². The van der Waals surface area contributed by atoms with Crippen molar-refractivity contribution in [1.29, 1.82) is 0 Å². The van der Waals surface area contributed by atoms with Crippen molar-refractivity contribution in [1.82, 2.24) is 9.55 Å². The van der Waals surface area contributed by atoms with E-state index in [1.54, 1.807) is 0 Å². The minimum absolute atomic E-state index is 0. The number of pyridine rings is 1. The quantitative estimate of drug-likeness (QED) is 0.149. The number of rotatable bonds is 7. The maximum atomic E-state index is 6.74. The van der Waals surface area contributed by atoms with Crippen LogP contribution in [0.5, 0.6) is 11.5 Å². The summed E-state index contributed by atoms with van der Waals surface area (Å²) in [6, 6.07) is 48.7. The molecule has 63 heavy (non-hydrogen) atoms. The van der Waals surface area contributed by atoms with E-state index in [2.05, 4.69) is 233 Å². The molecular weight excluding hydrogens is 952 g/mol. The Kier molecular flexibility index (Phi) is 12.0. The van der Waals surface area contributed by atoms with Gasteiger partial charge >= 0.3 is 0 Å². The molecule has 0 radical (unpaired) electrons. The molecule has 0 saturated heterocycles. The van der Waals surface area contributed by atoms with Crippen LogP contribution in [-0.2, 0) is 37.3 Å². The van der Waals surface area contributed by atoms with Crippen molar-refractivity contribution in [3.63, 3.8) is 0 Å². The molecule has 1 aliphatic heterocycles. The number of fused-ring (bicyclic) bond motifs is 3. The van der Waals surface area contributed by atoms with Gasteiger partial charge in [0.05, 0.1) is 0 Å². The van der Waals surface area contributed by atoms with Gasteiger partial charge in [-0.3, -0.25) is 0 Å². The molecule has 8 rings (SSSR count). The Hall–Kier alpha value is -5.12. The largest absolute Gasteiger partial charge is 0.509 e. The van der Waals surface area contributed by atoms with Crippen LogP contribution >= 0.6 is 0 Å². The van der Waals surface area contributed by atoms with E-state index in [9.17, 15) is 0 Å². The van der Waals surface area contributed by atoms with E-state index >= 15 is 0 Å². The molecule has 1 aliphatic rings. The molecule has 0 spiro atoms. The summed E-state index contributed by atoms with van der Waals surface area (Å²) in [7, 11) is 0. The van der Waals surface area contributed by atoms with E-state index in [4.69, 9.17) is 9.72 Å². The first-order valence-corrected chi connectivity index (χ1v) is 22.0. The molecule has 330 valence electrons. The number of hydrogen-bond donors (Lipinski definition) is 0. The molecule has 5 nitrogen and oxygen atoms in total. The van der Waals surface area contributed by atoms with E-state index < -0.39 is 0 Å². The summed E-state index contributed by atoms with van der Waals surface area (Å²) < 4.78 is 8.97. The summed E-state index contributed by atoms with van der Waals surface area (Å²) >= 11 is 0. The Labute approximate surface area is 391 Å². The van der Waals surface area contributed by atoms with Crippen LogP contribution in [-0.4, -0.2) is 9.55 Å². The number of hydrogen-bond acceptors (Lipinski definition) is 4. The molecule has 0 bridgehead atoms. The minimum atomic E-state index is -0.198. The first-order chi connectivity index (χ1) is 29.0. The van der Waals surface area contributed by atoms with Gasteiger partial charge in [-0.05, 0) is 68.8 Å². The van der Waals surface area contributed by atoms with E-state index in [0.717, 1.165) is 33.6 Å². The fourth-order valence-corrected chi connectivity index (χ4v) is 8.79. The molecule has 6 heteroatoms. The zero-order valence-electron chi connectivity index (χ0n) is 39.6. The molecule has 3 heterocycles. The van der Waals surface area contributed by atoms with Gasteiger partial charge in [0, 0.05) is 77.6 Å². The summed E-state index contributed by atoms with van der Waals surface area (Å²) in [4.78, 5) is 9.63. The predicted molar refractivity (Wildman–Crippen MR) is 260 cm³/mol. The number of ether oxygens (including phenoxy) is 1. The molecule has 5 aromatic carbocycles. The predicted octanol–water partition coefficient (Wildman–Crippen LogP) is 15.2. The zero-order chi connectivity index (χ0) is 44.6. The first-order valence-electron chi connectivity index (χ1n) is 22.0. The van der Waals surface area contributed by atoms with Crippen LogP contribution in [0.3, 0.4) is 0 Å². The maximum Gasteiger partial charge on any atom is 0.135 e. The molecular formula is C57H63N4OPt-3. The zero-order valence-corrected chi connectivity index (χ0v) is 41.9. The van der Waals surface area contributed by atoms with Crippen LogP contribution in [0.4, 0.5) is 11.4 Å². The van der Waals surface area contributed by atoms with Gasteiger partial charge in [0.25, 0.3) is 0 Å². The summed E-state index contributed by atoms with van der Waals surface area (Å²) in [5.74, 6) is 2.10. The van der Waals surface area contributed by atoms with Crippen LogP contribution in [0, 0.1) is 29.6 Å². The van der Waals surface area contributed by atoms with Gasteiger partial charge < -0.3 is 19.1 Å². The Morgan fingerprint density at radius 3 is 1.79 bits per heavy atom. The van der Waals surface area contributed by atoms with Gasteiger partial charge in [-0.15, -0.1) is 48.1 Å². The van der Waals surface area contributed by atoms with Gasteiger partial charge in [0.1, 0.15) is 5.82 Å². The molecule has 0 amide bonds. The van der Waals surface area contributed by atoms with Crippen molar-refractivity contribution >= 4 is 33.2 Å². The monoisotopic (exact) mass is 1010 g/mol. The average Bonchev–Trinajstić information content (AvgIpc) is 3.79. The van der Waals surface area contributed by atoms with Crippen molar-refractivity contribution in [2.24, 2.45) is 10.8 Å². The standard InChI is InChI=1S/C57H63N4O.Pt/c1-53(2,3)39-26-29-48-47(33-39)46-28-27-45(36-49(46)61(48)50-34-40(30-31-58-50)54(4,5)6)62-44-25-19-24-43(35-44)60-37-59(51(55(7,8)9)52(60)56(10,11)12)42-23-18-22-41(32-42)57(13,14)38-20-16-15-17-21-38;/h15-34,37H,1-14H3;/q-3;. The van der Waals surface area contributed by atoms with E-state index in [1.807, 2.05) is 18.3 Å². The van der Waals surface area contributed by atoms with E-state index in [-0.39, 0.29) is 48.1 Å². The van der Waals surface area contributed by atoms with Crippen LogP contribution in [0.25, 0.3) is 27.6 Å². The number of nitrogens with zero attached hydrogens (tertiary/aromatic N) is 4. The smallest absolute Gasteiger partial charge is 0.135 e. The summed E-state index contributed by atoms with van der Waals surface area (Å²) in [6.45, 7) is 34.2. The second-order valence-electron chi connectivity index (χ2n) is 21.7. The second kappa shape index (κ2) is 16.5. The number of anilines is 2. The van der Waals surface area contributed by atoms with Crippen molar-refractivity contribution in [2.75, 3.05) is 9.80 Å².